The summed E-state index contributed by atoms with van der Waals surface area (Å²) >= 11 is 0. The van der Waals surface area contributed by atoms with Gasteiger partial charge in [0.1, 0.15) is 17.9 Å². The molecule has 0 aliphatic carbocycles. The molecule has 0 radical (unpaired) electrons. The molecular weight excluding hydrogens is 374 g/mol. The van der Waals surface area contributed by atoms with Crippen molar-refractivity contribution in [3.63, 3.8) is 0 Å². The Morgan fingerprint density at radius 2 is 1.72 bits per heavy atom. The van der Waals surface area contributed by atoms with Crippen LogP contribution in [0.5, 0.6) is 23.0 Å². The number of methoxy groups -OCH3 is 3. The quantitative estimate of drug-likeness (QED) is 0.689. The minimum atomic E-state index is -0.304. The summed E-state index contributed by atoms with van der Waals surface area (Å²) in [5, 5.41) is 13.1. The van der Waals surface area contributed by atoms with E-state index in [4.69, 9.17) is 14.2 Å². The molecule has 1 aromatic heterocycles. The zero-order valence-electron chi connectivity index (χ0n) is 16.3. The maximum absolute atomic E-state index is 12.5. The van der Waals surface area contributed by atoms with Crippen LogP contribution >= 0.6 is 0 Å². The molecule has 2 heterocycles. The Bertz CT molecular complexity index is 1030. The molecule has 8 heteroatoms. The number of imidazole rings is 1. The Hall–Kier alpha value is -3.68. The van der Waals surface area contributed by atoms with Crippen molar-refractivity contribution >= 4 is 11.7 Å². The smallest absolute Gasteiger partial charge is 0.226 e. The number of nitrogens with one attached hydrogen (secondary N) is 1. The molecule has 4 rings (SSSR count). The van der Waals surface area contributed by atoms with E-state index in [2.05, 4.69) is 10.3 Å². The van der Waals surface area contributed by atoms with Crippen LogP contribution in [0, 0.1) is 0 Å². The number of carbonyl (C=O) groups is 1. The standard InChI is InChI=1S/C21H21N3O5/c1-27-14-6-4-13(5-7-14)24-11-22-19-15(10-18(25)23-21(19)24)12-8-16(28-2)20(26)17(9-12)29-3/h4-9,11,15,26H,10H2,1-3H3,(H,23,25). The van der Waals surface area contributed by atoms with Gasteiger partial charge in [-0.2, -0.15) is 0 Å². The molecule has 8 nitrogen and oxygen atoms in total. The molecule has 1 unspecified atom stereocenters. The third-order valence-electron chi connectivity index (χ3n) is 5.03. The van der Waals surface area contributed by atoms with Crippen molar-refractivity contribution in [2.24, 2.45) is 0 Å². The van der Waals surface area contributed by atoms with Crippen LogP contribution < -0.4 is 19.5 Å². The first-order valence-electron chi connectivity index (χ1n) is 9.02. The van der Waals surface area contributed by atoms with E-state index in [9.17, 15) is 9.90 Å². The Morgan fingerprint density at radius 3 is 2.31 bits per heavy atom. The number of phenolic OH excluding ortho intramolecular Hbond substituents is 1. The summed E-state index contributed by atoms with van der Waals surface area (Å²) in [6.07, 6.45) is 1.91. The van der Waals surface area contributed by atoms with Gasteiger partial charge in [0.05, 0.1) is 27.0 Å². The molecule has 0 spiro atoms. The van der Waals surface area contributed by atoms with Crippen LogP contribution in [0.1, 0.15) is 23.6 Å². The van der Waals surface area contributed by atoms with Gasteiger partial charge in [0.15, 0.2) is 11.5 Å². The van der Waals surface area contributed by atoms with Crippen LogP contribution in [0.25, 0.3) is 5.69 Å². The number of aromatic nitrogens is 2. The lowest BCUT2D eigenvalue weighted by Crippen LogP contribution is -2.25. The summed E-state index contributed by atoms with van der Waals surface area (Å²) in [6, 6.07) is 10.9. The zero-order valence-corrected chi connectivity index (χ0v) is 16.3. The van der Waals surface area contributed by atoms with Crippen LogP contribution in [-0.4, -0.2) is 41.9 Å². The van der Waals surface area contributed by atoms with E-state index >= 15 is 0 Å². The number of amides is 1. The lowest BCUT2D eigenvalue weighted by Gasteiger charge is -2.24. The summed E-state index contributed by atoms with van der Waals surface area (Å²) in [5.41, 5.74) is 2.35. The number of nitrogens with zero attached hydrogens (tertiary/aromatic N) is 2. The summed E-state index contributed by atoms with van der Waals surface area (Å²) in [7, 11) is 4.55. The van der Waals surface area contributed by atoms with Crippen molar-refractivity contribution in [2.75, 3.05) is 26.6 Å². The number of rotatable bonds is 5. The van der Waals surface area contributed by atoms with E-state index in [0.717, 1.165) is 22.7 Å². The van der Waals surface area contributed by atoms with Crippen LogP contribution in [-0.2, 0) is 4.79 Å². The number of phenols is 1. The number of aromatic hydroxyl groups is 1. The molecule has 1 atom stereocenters. The molecule has 3 aromatic rings. The van der Waals surface area contributed by atoms with Crippen molar-refractivity contribution in [3.8, 4) is 28.7 Å². The second kappa shape index (κ2) is 7.38. The molecular formula is C21H21N3O5. The van der Waals surface area contributed by atoms with Crippen molar-refractivity contribution in [1.82, 2.24) is 9.55 Å². The number of anilines is 1. The first-order valence-corrected chi connectivity index (χ1v) is 9.02. The second-order valence-corrected chi connectivity index (χ2v) is 6.63. The van der Waals surface area contributed by atoms with Crippen LogP contribution in [0.4, 0.5) is 5.82 Å². The lowest BCUT2D eigenvalue weighted by atomic mass is 9.89. The Balaban J connectivity index is 1.80. The molecule has 0 fully saturated rings. The van der Waals surface area contributed by atoms with Crippen molar-refractivity contribution in [3.05, 3.63) is 54.0 Å². The highest BCUT2D eigenvalue weighted by molar-refractivity contribution is 5.94. The summed E-state index contributed by atoms with van der Waals surface area (Å²) in [4.78, 5) is 17.1. The lowest BCUT2D eigenvalue weighted by molar-refractivity contribution is -0.116. The normalized spacial score (nSPS) is 15.4. The Kier molecular flexibility index (Phi) is 4.75. The van der Waals surface area contributed by atoms with Crippen LogP contribution in [0.3, 0.4) is 0 Å². The van der Waals surface area contributed by atoms with Crippen molar-refractivity contribution in [2.45, 2.75) is 12.3 Å². The minimum absolute atomic E-state index is 0.0806. The number of ether oxygens (including phenoxy) is 3. The predicted octanol–water partition coefficient (Wildman–Crippen LogP) is 3.08. The van der Waals surface area contributed by atoms with E-state index < -0.39 is 0 Å². The number of fused-ring (bicyclic) bond motifs is 1. The van der Waals surface area contributed by atoms with Gasteiger partial charge >= 0.3 is 0 Å². The molecule has 2 N–H and O–H groups in total. The highest BCUT2D eigenvalue weighted by Crippen LogP contribution is 2.44. The van der Waals surface area contributed by atoms with E-state index in [-0.39, 0.29) is 35.5 Å². The molecule has 1 aliphatic rings. The molecule has 0 saturated carbocycles. The number of hydrogen-bond donors (Lipinski definition) is 2. The molecule has 2 aromatic carbocycles. The van der Waals surface area contributed by atoms with Crippen LogP contribution in [0.15, 0.2) is 42.7 Å². The average molecular weight is 395 g/mol. The van der Waals surface area contributed by atoms with Gasteiger partial charge < -0.3 is 24.6 Å². The fourth-order valence-electron chi connectivity index (χ4n) is 3.54. The maximum atomic E-state index is 12.5. The van der Waals surface area contributed by atoms with Gasteiger partial charge in [-0.05, 0) is 42.0 Å². The third kappa shape index (κ3) is 3.22. The fourth-order valence-corrected chi connectivity index (χ4v) is 3.54. The summed E-state index contributed by atoms with van der Waals surface area (Å²) < 4.78 is 17.6. The number of benzene rings is 2. The molecule has 0 saturated heterocycles. The fraction of sp³-hybridized carbons (Fsp3) is 0.238. The van der Waals surface area contributed by atoms with Gasteiger partial charge in [0.25, 0.3) is 0 Å². The van der Waals surface area contributed by atoms with Crippen molar-refractivity contribution < 1.29 is 24.1 Å². The van der Waals surface area contributed by atoms with E-state index in [1.165, 1.54) is 14.2 Å². The molecule has 29 heavy (non-hydrogen) atoms. The third-order valence-corrected chi connectivity index (χ3v) is 5.03. The molecule has 1 aliphatic heterocycles. The Morgan fingerprint density at radius 1 is 1.07 bits per heavy atom. The average Bonchev–Trinajstić information content (AvgIpc) is 3.17. The SMILES string of the molecule is COc1ccc(-n2cnc3c2NC(=O)CC3c2cc(OC)c(O)c(OC)c2)cc1. The maximum Gasteiger partial charge on any atom is 0.226 e. The largest absolute Gasteiger partial charge is 0.502 e. The highest BCUT2D eigenvalue weighted by atomic mass is 16.5. The van der Waals surface area contributed by atoms with Gasteiger partial charge in [-0.15, -0.1) is 0 Å². The van der Waals surface area contributed by atoms with Crippen LogP contribution in [0.2, 0.25) is 0 Å². The first-order chi connectivity index (χ1) is 14.0. The van der Waals surface area contributed by atoms with Gasteiger partial charge in [0, 0.05) is 18.0 Å². The van der Waals surface area contributed by atoms with E-state index in [0.29, 0.717) is 5.82 Å². The topological polar surface area (TPSA) is 94.8 Å². The van der Waals surface area contributed by atoms with Gasteiger partial charge in [-0.25, -0.2) is 4.98 Å². The van der Waals surface area contributed by atoms with Gasteiger partial charge in [0.2, 0.25) is 11.7 Å². The number of hydrogen-bond acceptors (Lipinski definition) is 6. The van der Waals surface area contributed by atoms with Gasteiger partial charge in [-0.3, -0.25) is 9.36 Å². The minimum Gasteiger partial charge on any atom is -0.502 e. The second-order valence-electron chi connectivity index (χ2n) is 6.63. The number of carbonyl (C=O) groups excluding carboxylic acids is 1. The van der Waals surface area contributed by atoms with Crippen molar-refractivity contribution in [1.29, 1.82) is 0 Å². The summed E-state index contributed by atoms with van der Waals surface area (Å²) in [6.45, 7) is 0. The highest BCUT2D eigenvalue weighted by Gasteiger charge is 2.32. The first kappa shape index (κ1) is 18.7. The zero-order chi connectivity index (χ0) is 20.5. The molecule has 0 bridgehead atoms. The molecule has 1 amide bonds. The predicted molar refractivity (Wildman–Crippen MR) is 106 cm³/mol. The molecule has 150 valence electrons. The Labute approximate surface area is 167 Å². The van der Waals surface area contributed by atoms with E-state index in [1.54, 1.807) is 25.6 Å². The van der Waals surface area contributed by atoms with E-state index in [1.807, 2.05) is 28.8 Å². The monoisotopic (exact) mass is 395 g/mol. The van der Waals surface area contributed by atoms with Gasteiger partial charge in [-0.1, -0.05) is 0 Å². The summed E-state index contributed by atoms with van der Waals surface area (Å²) in [5.74, 6) is 1.41.